The largest absolute Gasteiger partial charge is 0.493 e. The van der Waals surface area contributed by atoms with E-state index < -0.39 is 0 Å². The van der Waals surface area contributed by atoms with E-state index in [2.05, 4.69) is 9.97 Å². The number of hydrogen-bond donors (Lipinski definition) is 1. The lowest BCUT2D eigenvalue weighted by molar-refractivity contribution is 0.268. The van der Waals surface area contributed by atoms with Gasteiger partial charge in [-0.2, -0.15) is 0 Å². The minimum atomic E-state index is 0.203. The fourth-order valence-corrected chi connectivity index (χ4v) is 1.60. The molecular weight excluding hydrogens is 246 g/mol. The summed E-state index contributed by atoms with van der Waals surface area (Å²) in [6.07, 6.45) is 1.59. The standard InChI is InChI=1S/C13H15N3O3/c1-17-9-4-3-5-10(13(9)18-2)19-8-12-15-7-6-11(14)16-12/h3-7H,8H2,1-2H3,(H2,14,15,16). The molecule has 1 aromatic carbocycles. The van der Waals surface area contributed by atoms with E-state index >= 15 is 0 Å². The fourth-order valence-electron chi connectivity index (χ4n) is 1.60. The van der Waals surface area contributed by atoms with E-state index in [4.69, 9.17) is 19.9 Å². The third-order valence-corrected chi connectivity index (χ3v) is 2.45. The van der Waals surface area contributed by atoms with Gasteiger partial charge in [0.25, 0.3) is 0 Å². The molecule has 0 unspecified atom stereocenters. The highest BCUT2D eigenvalue weighted by atomic mass is 16.5. The van der Waals surface area contributed by atoms with Crippen molar-refractivity contribution >= 4 is 5.82 Å². The Morgan fingerprint density at radius 2 is 1.89 bits per heavy atom. The zero-order chi connectivity index (χ0) is 13.7. The van der Waals surface area contributed by atoms with E-state index in [0.29, 0.717) is 28.9 Å². The number of aromatic nitrogens is 2. The van der Waals surface area contributed by atoms with Crippen molar-refractivity contribution in [2.75, 3.05) is 20.0 Å². The monoisotopic (exact) mass is 261 g/mol. The number of rotatable bonds is 5. The second-order valence-corrected chi connectivity index (χ2v) is 3.68. The molecule has 0 aliphatic heterocycles. The van der Waals surface area contributed by atoms with Gasteiger partial charge in [-0.25, -0.2) is 9.97 Å². The lowest BCUT2D eigenvalue weighted by Gasteiger charge is -2.12. The molecule has 0 fully saturated rings. The molecule has 2 N–H and O–H groups in total. The number of para-hydroxylation sites is 1. The average molecular weight is 261 g/mol. The molecule has 0 amide bonds. The van der Waals surface area contributed by atoms with Crippen LogP contribution in [-0.4, -0.2) is 24.2 Å². The van der Waals surface area contributed by atoms with Crippen molar-refractivity contribution in [3.05, 3.63) is 36.3 Å². The van der Waals surface area contributed by atoms with Crippen LogP contribution in [0.2, 0.25) is 0 Å². The first kappa shape index (κ1) is 12.9. The Morgan fingerprint density at radius 1 is 1.11 bits per heavy atom. The van der Waals surface area contributed by atoms with Gasteiger partial charge >= 0.3 is 0 Å². The van der Waals surface area contributed by atoms with Crippen LogP contribution < -0.4 is 19.9 Å². The first-order valence-corrected chi connectivity index (χ1v) is 5.65. The molecular formula is C13H15N3O3. The Morgan fingerprint density at radius 3 is 2.58 bits per heavy atom. The molecule has 0 spiro atoms. The molecule has 2 rings (SSSR count). The number of anilines is 1. The van der Waals surface area contributed by atoms with Crippen molar-refractivity contribution in [2.24, 2.45) is 0 Å². The predicted molar refractivity (Wildman–Crippen MR) is 70.3 cm³/mol. The molecule has 0 saturated carbocycles. The summed E-state index contributed by atoms with van der Waals surface area (Å²) in [4.78, 5) is 8.12. The SMILES string of the molecule is COc1cccc(OCc2nccc(N)n2)c1OC. The number of methoxy groups -OCH3 is 2. The topological polar surface area (TPSA) is 79.5 Å². The number of nitrogens with two attached hydrogens (primary N) is 1. The van der Waals surface area contributed by atoms with Gasteiger partial charge in [0.2, 0.25) is 5.75 Å². The van der Waals surface area contributed by atoms with E-state index in [1.807, 2.05) is 6.07 Å². The first-order chi connectivity index (χ1) is 9.24. The third-order valence-electron chi connectivity index (χ3n) is 2.45. The summed E-state index contributed by atoms with van der Waals surface area (Å²) in [6.45, 7) is 0.203. The van der Waals surface area contributed by atoms with Gasteiger partial charge in [0.05, 0.1) is 14.2 Å². The summed E-state index contributed by atoms with van der Waals surface area (Å²) in [5, 5.41) is 0. The van der Waals surface area contributed by atoms with Crippen LogP contribution in [0.1, 0.15) is 5.82 Å². The lowest BCUT2D eigenvalue weighted by Crippen LogP contribution is -2.04. The van der Waals surface area contributed by atoms with Gasteiger partial charge in [0, 0.05) is 6.20 Å². The summed E-state index contributed by atoms with van der Waals surface area (Å²) in [5.41, 5.74) is 5.58. The van der Waals surface area contributed by atoms with E-state index in [1.165, 1.54) is 0 Å². The van der Waals surface area contributed by atoms with Crippen molar-refractivity contribution in [1.82, 2.24) is 9.97 Å². The Labute approximate surface area is 111 Å². The summed E-state index contributed by atoms with van der Waals surface area (Å²) in [7, 11) is 3.13. The molecule has 0 aliphatic rings. The Hall–Kier alpha value is -2.50. The zero-order valence-electron chi connectivity index (χ0n) is 10.8. The molecule has 19 heavy (non-hydrogen) atoms. The van der Waals surface area contributed by atoms with Crippen LogP contribution >= 0.6 is 0 Å². The van der Waals surface area contributed by atoms with Gasteiger partial charge in [0.1, 0.15) is 12.4 Å². The van der Waals surface area contributed by atoms with E-state index in [0.717, 1.165) is 0 Å². The molecule has 2 aromatic rings. The van der Waals surface area contributed by atoms with Gasteiger partial charge < -0.3 is 19.9 Å². The van der Waals surface area contributed by atoms with Gasteiger partial charge in [-0.15, -0.1) is 0 Å². The van der Waals surface area contributed by atoms with Gasteiger partial charge in [-0.1, -0.05) is 6.07 Å². The van der Waals surface area contributed by atoms with E-state index in [9.17, 15) is 0 Å². The molecule has 6 heteroatoms. The predicted octanol–water partition coefficient (Wildman–Crippen LogP) is 1.65. The summed E-state index contributed by atoms with van der Waals surface area (Å²) in [6, 6.07) is 7.02. The van der Waals surface area contributed by atoms with Crippen molar-refractivity contribution in [3.8, 4) is 17.2 Å². The fraction of sp³-hybridized carbons (Fsp3) is 0.231. The van der Waals surface area contributed by atoms with Gasteiger partial charge in [-0.05, 0) is 18.2 Å². The Balaban J connectivity index is 2.15. The number of hydrogen-bond acceptors (Lipinski definition) is 6. The molecule has 0 bridgehead atoms. The van der Waals surface area contributed by atoms with Gasteiger partial charge in [-0.3, -0.25) is 0 Å². The molecule has 1 aromatic heterocycles. The van der Waals surface area contributed by atoms with Crippen LogP contribution in [0.4, 0.5) is 5.82 Å². The third kappa shape index (κ3) is 3.04. The van der Waals surface area contributed by atoms with E-state index in [-0.39, 0.29) is 6.61 Å². The van der Waals surface area contributed by atoms with Crippen molar-refractivity contribution in [1.29, 1.82) is 0 Å². The smallest absolute Gasteiger partial charge is 0.203 e. The summed E-state index contributed by atoms with van der Waals surface area (Å²) in [5.74, 6) is 2.62. The summed E-state index contributed by atoms with van der Waals surface area (Å²) >= 11 is 0. The Bertz CT molecular complexity index is 561. The van der Waals surface area contributed by atoms with E-state index in [1.54, 1.807) is 38.6 Å². The average Bonchev–Trinajstić information content (AvgIpc) is 2.44. The van der Waals surface area contributed by atoms with Crippen molar-refractivity contribution < 1.29 is 14.2 Å². The highest BCUT2D eigenvalue weighted by molar-refractivity contribution is 5.51. The van der Waals surface area contributed by atoms with Gasteiger partial charge in [0.15, 0.2) is 17.3 Å². The Kier molecular flexibility index (Phi) is 4.02. The molecule has 1 heterocycles. The lowest BCUT2D eigenvalue weighted by atomic mass is 10.3. The highest BCUT2D eigenvalue weighted by Crippen LogP contribution is 2.36. The zero-order valence-corrected chi connectivity index (χ0v) is 10.8. The second kappa shape index (κ2) is 5.90. The van der Waals surface area contributed by atoms with Crippen LogP contribution in [-0.2, 0) is 6.61 Å². The van der Waals surface area contributed by atoms with Crippen molar-refractivity contribution in [2.45, 2.75) is 6.61 Å². The van der Waals surface area contributed by atoms with Crippen LogP contribution in [0.25, 0.3) is 0 Å². The normalized spacial score (nSPS) is 10.0. The van der Waals surface area contributed by atoms with Crippen LogP contribution in [0, 0.1) is 0 Å². The minimum absolute atomic E-state index is 0.203. The second-order valence-electron chi connectivity index (χ2n) is 3.68. The van der Waals surface area contributed by atoms with Crippen LogP contribution in [0.15, 0.2) is 30.5 Å². The number of benzene rings is 1. The van der Waals surface area contributed by atoms with Crippen LogP contribution in [0.3, 0.4) is 0 Å². The maximum absolute atomic E-state index is 5.63. The quantitative estimate of drug-likeness (QED) is 0.881. The van der Waals surface area contributed by atoms with Crippen molar-refractivity contribution in [3.63, 3.8) is 0 Å². The maximum Gasteiger partial charge on any atom is 0.203 e. The minimum Gasteiger partial charge on any atom is -0.493 e. The molecule has 100 valence electrons. The molecule has 0 atom stereocenters. The molecule has 6 nitrogen and oxygen atoms in total. The number of nitrogens with zero attached hydrogens (tertiary/aromatic N) is 2. The van der Waals surface area contributed by atoms with Crippen LogP contribution in [0.5, 0.6) is 17.2 Å². The maximum atomic E-state index is 5.63. The molecule has 0 aliphatic carbocycles. The number of ether oxygens (including phenoxy) is 3. The first-order valence-electron chi connectivity index (χ1n) is 5.65. The number of nitrogen functional groups attached to an aromatic ring is 1. The summed E-state index contributed by atoms with van der Waals surface area (Å²) < 4.78 is 16.1. The molecule has 0 radical (unpaired) electrons. The molecule has 0 saturated heterocycles. The highest BCUT2D eigenvalue weighted by Gasteiger charge is 2.11.